The zero-order chi connectivity index (χ0) is 14.2. The Morgan fingerprint density at radius 2 is 1.61 bits per heavy atom. The van der Waals surface area contributed by atoms with E-state index in [9.17, 15) is 36.2 Å². The molecule has 0 saturated heterocycles. The minimum atomic E-state index is -5.70. The van der Waals surface area contributed by atoms with Crippen molar-refractivity contribution in [1.29, 1.82) is 0 Å². The van der Waals surface area contributed by atoms with E-state index in [4.69, 9.17) is 0 Å². The molecule has 1 amide bonds. The maximum Gasteiger partial charge on any atom is 0.409 e. The lowest BCUT2D eigenvalue weighted by molar-refractivity contribution is -0.274. The molecule has 0 spiro atoms. The minimum Gasteiger partial charge on any atom is -0.388 e. The Kier molecular flexibility index (Phi) is 3.85. The predicted molar refractivity (Wildman–Crippen MR) is 47.4 cm³/mol. The molecular formula is C9H11F6NO2. The second kappa shape index (κ2) is 4.60. The lowest BCUT2D eigenvalue weighted by Gasteiger charge is -2.37. The van der Waals surface area contributed by atoms with E-state index in [1.54, 1.807) is 0 Å². The number of aliphatic hydroxyl groups is 1. The molecule has 1 saturated carbocycles. The molecule has 0 aliphatic heterocycles. The van der Waals surface area contributed by atoms with E-state index in [0.717, 1.165) is 0 Å². The fraction of sp³-hybridized carbons (Fsp3) is 0.889. The third-order valence-electron chi connectivity index (χ3n) is 2.79. The van der Waals surface area contributed by atoms with Gasteiger partial charge < -0.3 is 10.4 Å². The molecule has 0 aromatic rings. The van der Waals surface area contributed by atoms with Crippen molar-refractivity contribution < 1.29 is 36.2 Å². The van der Waals surface area contributed by atoms with Crippen molar-refractivity contribution in [2.45, 2.75) is 37.2 Å². The van der Waals surface area contributed by atoms with Gasteiger partial charge >= 0.3 is 12.4 Å². The van der Waals surface area contributed by atoms with Gasteiger partial charge in [-0.2, -0.15) is 26.3 Å². The van der Waals surface area contributed by atoms with Gasteiger partial charge in [0.1, 0.15) is 0 Å². The summed E-state index contributed by atoms with van der Waals surface area (Å²) in [6.45, 7) is -0.603. The summed E-state index contributed by atoms with van der Waals surface area (Å²) in [5, 5.41) is 11.0. The molecule has 0 aromatic heterocycles. The Labute approximate surface area is 98.2 Å². The molecule has 1 aliphatic rings. The predicted octanol–water partition coefficient (Wildman–Crippen LogP) is 1.76. The summed E-state index contributed by atoms with van der Waals surface area (Å²) in [7, 11) is 0. The van der Waals surface area contributed by atoms with Crippen molar-refractivity contribution >= 4 is 5.91 Å². The zero-order valence-electron chi connectivity index (χ0n) is 9.03. The zero-order valence-corrected chi connectivity index (χ0v) is 9.03. The first-order valence-electron chi connectivity index (χ1n) is 5.09. The Bertz CT molecular complexity index is 306. The maximum atomic E-state index is 12.1. The van der Waals surface area contributed by atoms with Crippen LogP contribution in [0.4, 0.5) is 26.3 Å². The molecule has 1 fully saturated rings. The van der Waals surface area contributed by atoms with Crippen LogP contribution in [0.25, 0.3) is 0 Å². The number of hydrogen-bond donors (Lipinski definition) is 2. The lowest BCUT2D eigenvalue weighted by Crippen LogP contribution is -2.53. The van der Waals surface area contributed by atoms with Gasteiger partial charge in [-0.05, 0) is 19.3 Å². The lowest BCUT2D eigenvalue weighted by atomic mass is 9.80. The molecule has 18 heavy (non-hydrogen) atoms. The summed E-state index contributed by atoms with van der Waals surface area (Å²) >= 11 is 0. The molecule has 1 aliphatic carbocycles. The highest BCUT2D eigenvalue weighted by molar-refractivity contribution is 5.80. The van der Waals surface area contributed by atoms with Crippen LogP contribution in [0, 0.1) is 5.92 Å². The standard InChI is InChI=1S/C9H11F6NO2/c10-8(11,12)5(9(13,14)15)6(17)16-4-7(18)2-1-3-7/h5,18H,1-4H2,(H,16,17). The highest BCUT2D eigenvalue weighted by Crippen LogP contribution is 2.39. The Balaban J connectivity index is 2.66. The van der Waals surface area contributed by atoms with E-state index < -0.39 is 36.3 Å². The van der Waals surface area contributed by atoms with Crippen LogP contribution >= 0.6 is 0 Å². The fourth-order valence-electron chi connectivity index (χ4n) is 1.60. The number of amides is 1. The van der Waals surface area contributed by atoms with Crippen molar-refractivity contribution in [3.05, 3.63) is 0 Å². The fourth-order valence-corrected chi connectivity index (χ4v) is 1.60. The Morgan fingerprint density at radius 1 is 1.17 bits per heavy atom. The quantitative estimate of drug-likeness (QED) is 0.773. The molecule has 0 bridgehead atoms. The van der Waals surface area contributed by atoms with E-state index in [-0.39, 0.29) is 12.8 Å². The van der Waals surface area contributed by atoms with Crippen LogP contribution in [-0.4, -0.2) is 35.5 Å². The molecule has 0 heterocycles. The largest absolute Gasteiger partial charge is 0.409 e. The molecule has 2 N–H and O–H groups in total. The van der Waals surface area contributed by atoms with Gasteiger partial charge in [-0.3, -0.25) is 4.79 Å². The van der Waals surface area contributed by atoms with Gasteiger partial charge in [0.25, 0.3) is 0 Å². The van der Waals surface area contributed by atoms with Crippen LogP contribution in [0.3, 0.4) is 0 Å². The highest BCUT2D eigenvalue weighted by atomic mass is 19.4. The molecule has 106 valence electrons. The summed E-state index contributed by atoms with van der Waals surface area (Å²) in [5.74, 6) is -6.25. The summed E-state index contributed by atoms with van der Waals surface area (Å²) in [6, 6.07) is 0. The summed E-state index contributed by atoms with van der Waals surface area (Å²) in [6.07, 6.45) is -10.3. The number of nitrogens with one attached hydrogen (secondary N) is 1. The average molecular weight is 279 g/mol. The SMILES string of the molecule is O=C(NCC1(O)CCC1)C(C(F)(F)F)C(F)(F)F. The normalized spacial score (nSPS) is 19.6. The van der Waals surface area contributed by atoms with Gasteiger partial charge in [0.15, 0.2) is 0 Å². The molecule has 0 aromatic carbocycles. The van der Waals surface area contributed by atoms with Crippen molar-refractivity contribution in [3.8, 4) is 0 Å². The third kappa shape index (κ3) is 3.50. The minimum absolute atomic E-state index is 0.246. The monoisotopic (exact) mass is 279 g/mol. The number of alkyl halides is 6. The van der Waals surface area contributed by atoms with E-state index in [2.05, 4.69) is 0 Å². The van der Waals surface area contributed by atoms with Gasteiger partial charge in [0.2, 0.25) is 11.8 Å². The van der Waals surface area contributed by atoms with Crippen molar-refractivity contribution in [3.63, 3.8) is 0 Å². The molecule has 0 atom stereocenters. The van der Waals surface area contributed by atoms with Gasteiger partial charge in [0, 0.05) is 6.54 Å². The number of rotatable bonds is 3. The van der Waals surface area contributed by atoms with E-state index in [1.165, 1.54) is 5.32 Å². The maximum absolute atomic E-state index is 12.1. The highest BCUT2D eigenvalue weighted by Gasteiger charge is 2.61. The summed E-state index contributed by atoms with van der Waals surface area (Å²) in [4.78, 5) is 11.0. The van der Waals surface area contributed by atoms with Crippen LogP contribution in [0.2, 0.25) is 0 Å². The second-order valence-electron chi connectivity index (χ2n) is 4.31. The number of carbonyl (C=O) groups excluding carboxylic acids is 1. The van der Waals surface area contributed by atoms with Gasteiger partial charge in [0.05, 0.1) is 5.60 Å². The first-order chi connectivity index (χ1) is 7.96. The van der Waals surface area contributed by atoms with Gasteiger partial charge in [-0.1, -0.05) is 0 Å². The smallest absolute Gasteiger partial charge is 0.388 e. The van der Waals surface area contributed by atoms with E-state index >= 15 is 0 Å². The number of hydrogen-bond acceptors (Lipinski definition) is 2. The summed E-state index contributed by atoms with van der Waals surface area (Å²) < 4.78 is 72.8. The van der Waals surface area contributed by atoms with Gasteiger partial charge in [-0.15, -0.1) is 0 Å². The molecule has 0 unspecified atom stereocenters. The van der Waals surface area contributed by atoms with Crippen LogP contribution in [0.5, 0.6) is 0 Å². The van der Waals surface area contributed by atoms with Crippen molar-refractivity contribution in [2.75, 3.05) is 6.54 Å². The molecule has 9 heteroatoms. The number of carbonyl (C=O) groups is 1. The van der Waals surface area contributed by atoms with Crippen LogP contribution < -0.4 is 5.32 Å². The molecular weight excluding hydrogens is 268 g/mol. The van der Waals surface area contributed by atoms with Crippen molar-refractivity contribution in [2.24, 2.45) is 5.92 Å². The van der Waals surface area contributed by atoms with E-state index in [1.807, 2.05) is 0 Å². The Hall–Kier alpha value is -0.990. The first-order valence-corrected chi connectivity index (χ1v) is 5.09. The summed E-state index contributed by atoms with van der Waals surface area (Å²) in [5.41, 5.74) is -1.38. The topological polar surface area (TPSA) is 49.3 Å². The second-order valence-corrected chi connectivity index (χ2v) is 4.31. The molecule has 3 nitrogen and oxygen atoms in total. The molecule has 1 rings (SSSR count). The van der Waals surface area contributed by atoms with Crippen LogP contribution in [0.1, 0.15) is 19.3 Å². The average Bonchev–Trinajstić information content (AvgIpc) is 2.06. The van der Waals surface area contributed by atoms with Gasteiger partial charge in [-0.25, -0.2) is 0 Å². The molecule has 0 radical (unpaired) electrons. The third-order valence-corrected chi connectivity index (χ3v) is 2.79. The Morgan fingerprint density at radius 3 is 1.89 bits per heavy atom. The number of halogens is 6. The van der Waals surface area contributed by atoms with Crippen molar-refractivity contribution in [1.82, 2.24) is 5.32 Å². The first kappa shape index (κ1) is 15.1. The van der Waals surface area contributed by atoms with E-state index in [0.29, 0.717) is 6.42 Å². The van der Waals surface area contributed by atoms with Crippen LogP contribution in [0.15, 0.2) is 0 Å². The van der Waals surface area contributed by atoms with Crippen LogP contribution in [-0.2, 0) is 4.79 Å².